The zero-order valence-electron chi connectivity index (χ0n) is 14.7. The molecule has 0 aliphatic carbocycles. The maximum atomic E-state index is 12.0. The summed E-state index contributed by atoms with van der Waals surface area (Å²) in [5.74, 6) is -0.173. The standard InChI is InChI=1S/C18H18N6OS/c1-12-7-9-16(10-8-12)24-18(21-22-23-24)26-17(14(3)25)20-19-15-6-4-5-13(2)11-15/h4-11,19H,1-3H3/b20-17-. The van der Waals surface area contributed by atoms with E-state index in [-0.39, 0.29) is 10.8 Å². The van der Waals surface area contributed by atoms with Gasteiger partial charge in [0.15, 0.2) is 10.8 Å². The molecule has 0 aliphatic rings. The maximum Gasteiger partial charge on any atom is 0.220 e. The van der Waals surface area contributed by atoms with Crippen LogP contribution in [0.4, 0.5) is 5.69 Å². The van der Waals surface area contributed by atoms with Gasteiger partial charge in [-0.2, -0.15) is 9.78 Å². The Kier molecular flexibility index (Phi) is 5.43. The zero-order chi connectivity index (χ0) is 18.5. The summed E-state index contributed by atoms with van der Waals surface area (Å²) in [7, 11) is 0. The fourth-order valence-corrected chi connectivity index (χ4v) is 2.89. The van der Waals surface area contributed by atoms with E-state index in [1.54, 1.807) is 4.68 Å². The minimum absolute atomic E-state index is 0.173. The second kappa shape index (κ2) is 7.92. The summed E-state index contributed by atoms with van der Waals surface area (Å²) in [5, 5.41) is 16.7. The molecule has 0 saturated carbocycles. The van der Waals surface area contributed by atoms with Crippen LogP contribution in [-0.2, 0) is 4.79 Å². The molecule has 0 unspecified atom stereocenters. The fourth-order valence-electron chi connectivity index (χ4n) is 2.18. The Morgan fingerprint density at radius 3 is 2.58 bits per heavy atom. The van der Waals surface area contributed by atoms with Crippen molar-refractivity contribution in [1.82, 2.24) is 20.2 Å². The molecule has 0 radical (unpaired) electrons. The van der Waals surface area contributed by atoms with Crippen LogP contribution < -0.4 is 5.43 Å². The van der Waals surface area contributed by atoms with Crippen LogP contribution in [0.3, 0.4) is 0 Å². The number of carbonyl (C=O) groups excluding carboxylic acids is 1. The van der Waals surface area contributed by atoms with Crippen molar-refractivity contribution in [2.24, 2.45) is 5.10 Å². The highest BCUT2D eigenvalue weighted by Crippen LogP contribution is 2.21. The number of Topliss-reactive ketones (excluding diaryl/α,β-unsaturated/α-hetero) is 1. The number of hydrazone groups is 1. The Hall–Kier alpha value is -3.00. The van der Waals surface area contributed by atoms with Gasteiger partial charge in [0.25, 0.3) is 0 Å². The molecule has 0 fully saturated rings. The van der Waals surface area contributed by atoms with E-state index in [4.69, 9.17) is 0 Å². The van der Waals surface area contributed by atoms with E-state index in [0.29, 0.717) is 5.16 Å². The van der Waals surface area contributed by atoms with E-state index >= 15 is 0 Å². The van der Waals surface area contributed by atoms with E-state index in [1.165, 1.54) is 6.92 Å². The van der Waals surface area contributed by atoms with Crippen molar-refractivity contribution >= 4 is 28.3 Å². The fraction of sp³-hybridized carbons (Fsp3) is 0.167. The number of benzene rings is 2. The highest BCUT2D eigenvalue weighted by molar-refractivity contribution is 8.15. The topological polar surface area (TPSA) is 85.1 Å². The number of nitrogens with one attached hydrogen (secondary N) is 1. The average Bonchev–Trinajstić information content (AvgIpc) is 3.07. The van der Waals surface area contributed by atoms with Gasteiger partial charge in [0.2, 0.25) is 5.16 Å². The lowest BCUT2D eigenvalue weighted by molar-refractivity contribution is -0.110. The molecular formula is C18H18N6OS. The molecule has 132 valence electrons. The lowest BCUT2D eigenvalue weighted by Crippen LogP contribution is -2.10. The van der Waals surface area contributed by atoms with Gasteiger partial charge in [-0.3, -0.25) is 10.2 Å². The van der Waals surface area contributed by atoms with Gasteiger partial charge < -0.3 is 0 Å². The molecule has 1 N–H and O–H groups in total. The van der Waals surface area contributed by atoms with Crippen molar-refractivity contribution in [3.05, 3.63) is 59.7 Å². The number of hydrogen-bond acceptors (Lipinski definition) is 7. The average molecular weight is 366 g/mol. The molecule has 0 atom stereocenters. The predicted octanol–water partition coefficient (Wildman–Crippen LogP) is 3.39. The number of aryl methyl sites for hydroxylation is 2. The predicted molar refractivity (Wildman–Crippen MR) is 103 cm³/mol. The number of anilines is 1. The van der Waals surface area contributed by atoms with Crippen molar-refractivity contribution < 1.29 is 4.79 Å². The summed E-state index contributed by atoms with van der Waals surface area (Å²) >= 11 is 1.12. The van der Waals surface area contributed by atoms with Crippen molar-refractivity contribution in [3.8, 4) is 5.69 Å². The molecule has 8 heteroatoms. The molecule has 2 aromatic carbocycles. The second-order valence-corrected chi connectivity index (χ2v) is 6.72. The lowest BCUT2D eigenvalue weighted by atomic mass is 10.2. The number of tetrazole rings is 1. The summed E-state index contributed by atoms with van der Waals surface area (Å²) in [4.78, 5) is 12.0. The van der Waals surface area contributed by atoms with Gasteiger partial charge in [-0.1, -0.05) is 29.8 Å². The van der Waals surface area contributed by atoms with Crippen LogP contribution in [0.2, 0.25) is 0 Å². The van der Waals surface area contributed by atoms with Crippen LogP contribution in [0, 0.1) is 13.8 Å². The van der Waals surface area contributed by atoms with Gasteiger partial charge >= 0.3 is 0 Å². The van der Waals surface area contributed by atoms with Crippen molar-refractivity contribution in [2.75, 3.05) is 5.43 Å². The third kappa shape index (κ3) is 4.34. The monoisotopic (exact) mass is 366 g/mol. The molecule has 3 rings (SSSR count). The first-order valence-corrected chi connectivity index (χ1v) is 8.79. The molecule has 0 spiro atoms. The molecule has 7 nitrogen and oxygen atoms in total. The number of hydrogen-bond donors (Lipinski definition) is 1. The minimum atomic E-state index is -0.173. The van der Waals surface area contributed by atoms with Crippen LogP contribution >= 0.6 is 11.8 Å². The molecule has 26 heavy (non-hydrogen) atoms. The number of thioether (sulfide) groups is 1. The Morgan fingerprint density at radius 1 is 1.12 bits per heavy atom. The van der Waals surface area contributed by atoms with E-state index in [1.807, 2.05) is 62.4 Å². The van der Waals surface area contributed by atoms with Gasteiger partial charge in [0, 0.05) is 6.92 Å². The zero-order valence-corrected chi connectivity index (χ0v) is 15.5. The van der Waals surface area contributed by atoms with Crippen LogP contribution in [0.1, 0.15) is 18.1 Å². The first kappa shape index (κ1) is 17.8. The van der Waals surface area contributed by atoms with Gasteiger partial charge in [0.1, 0.15) is 0 Å². The third-order valence-electron chi connectivity index (χ3n) is 3.51. The highest BCUT2D eigenvalue weighted by atomic mass is 32.2. The van der Waals surface area contributed by atoms with Gasteiger partial charge in [-0.15, -0.1) is 5.10 Å². The summed E-state index contributed by atoms with van der Waals surface area (Å²) < 4.78 is 1.58. The normalized spacial score (nSPS) is 11.4. The molecular weight excluding hydrogens is 348 g/mol. The maximum absolute atomic E-state index is 12.0. The quantitative estimate of drug-likeness (QED) is 0.322. The van der Waals surface area contributed by atoms with E-state index < -0.39 is 0 Å². The van der Waals surface area contributed by atoms with E-state index in [2.05, 4.69) is 26.1 Å². The number of carbonyl (C=O) groups is 1. The highest BCUT2D eigenvalue weighted by Gasteiger charge is 2.16. The van der Waals surface area contributed by atoms with Gasteiger partial charge in [-0.05, 0) is 65.9 Å². The number of nitrogens with zero attached hydrogens (tertiary/aromatic N) is 5. The number of rotatable bonds is 5. The van der Waals surface area contributed by atoms with Crippen molar-refractivity contribution in [3.63, 3.8) is 0 Å². The number of ketones is 1. The van der Waals surface area contributed by atoms with Crippen LogP contribution in [0.5, 0.6) is 0 Å². The third-order valence-corrected chi connectivity index (χ3v) is 4.52. The Bertz CT molecular complexity index is 948. The van der Waals surface area contributed by atoms with Crippen molar-refractivity contribution in [2.45, 2.75) is 25.9 Å². The Balaban J connectivity index is 1.83. The largest absolute Gasteiger partial charge is 0.292 e. The number of aromatic nitrogens is 4. The smallest absolute Gasteiger partial charge is 0.220 e. The Labute approximate surface area is 155 Å². The van der Waals surface area contributed by atoms with Crippen molar-refractivity contribution in [1.29, 1.82) is 0 Å². The summed E-state index contributed by atoms with van der Waals surface area (Å²) in [6.45, 7) is 5.46. The summed E-state index contributed by atoms with van der Waals surface area (Å²) in [6, 6.07) is 15.5. The molecule has 0 bridgehead atoms. The van der Waals surface area contributed by atoms with Gasteiger partial charge in [0.05, 0.1) is 11.4 Å². The van der Waals surface area contributed by atoms with Gasteiger partial charge in [-0.25, -0.2) is 0 Å². The lowest BCUT2D eigenvalue weighted by Gasteiger charge is -2.06. The first-order chi connectivity index (χ1) is 12.5. The first-order valence-electron chi connectivity index (χ1n) is 7.97. The molecule has 3 aromatic rings. The van der Waals surface area contributed by atoms with Crippen LogP contribution in [0.15, 0.2) is 58.8 Å². The van der Waals surface area contributed by atoms with E-state index in [9.17, 15) is 4.79 Å². The van der Waals surface area contributed by atoms with Crippen LogP contribution in [-0.4, -0.2) is 31.0 Å². The summed E-state index contributed by atoms with van der Waals surface area (Å²) in [5.41, 5.74) is 6.78. The van der Waals surface area contributed by atoms with Crippen LogP contribution in [0.25, 0.3) is 5.69 Å². The molecule has 0 aliphatic heterocycles. The summed E-state index contributed by atoms with van der Waals surface area (Å²) in [6.07, 6.45) is 0. The van der Waals surface area contributed by atoms with E-state index in [0.717, 1.165) is 34.3 Å². The minimum Gasteiger partial charge on any atom is -0.292 e. The molecule has 0 saturated heterocycles. The molecule has 1 heterocycles. The molecule has 0 amide bonds. The second-order valence-electron chi connectivity index (χ2n) is 5.77. The molecule has 1 aromatic heterocycles. The SMILES string of the molecule is CC(=O)/C(=N/Nc1cccc(C)c1)Sc1nnnn1-c1ccc(C)cc1. The Morgan fingerprint density at radius 2 is 1.88 bits per heavy atom.